The van der Waals surface area contributed by atoms with E-state index in [1.165, 1.54) is 0 Å². The average Bonchev–Trinajstić information content (AvgIpc) is 2.36. The highest BCUT2D eigenvalue weighted by atomic mass is 32.2. The van der Waals surface area contributed by atoms with Crippen molar-refractivity contribution in [2.45, 2.75) is 13.0 Å². The molecule has 1 aromatic carbocycles. The largest absolute Gasteiger partial charge is 0.356 e. The fourth-order valence-electron chi connectivity index (χ4n) is 1.80. The number of aliphatic imine (C=N–C) groups is 1. The minimum Gasteiger partial charge on any atom is -0.356 e. The van der Waals surface area contributed by atoms with Gasteiger partial charge in [0.1, 0.15) is 0 Å². The Morgan fingerprint density at radius 3 is 2.95 bits per heavy atom. The maximum Gasteiger partial charge on any atom is 0.229 e. The predicted octanol–water partition coefficient (Wildman–Crippen LogP) is 0.497. The van der Waals surface area contributed by atoms with Crippen molar-refractivity contribution in [1.29, 1.82) is 0 Å². The zero-order valence-electron chi connectivity index (χ0n) is 10.8. The first kappa shape index (κ1) is 13.7. The molecule has 0 aromatic heterocycles. The van der Waals surface area contributed by atoms with E-state index >= 15 is 0 Å². The summed E-state index contributed by atoms with van der Waals surface area (Å²) in [4.78, 5) is 4.31. The van der Waals surface area contributed by atoms with Gasteiger partial charge in [0.15, 0.2) is 5.96 Å². The summed E-state index contributed by atoms with van der Waals surface area (Å²) in [6, 6.07) is 7.28. The van der Waals surface area contributed by atoms with Gasteiger partial charge in [0.2, 0.25) is 10.0 Å². The number of anilines is 1. The van der Waals surface area contributed by atoms with Gasteiger partial charge in [-0.15, -0.1) is 0 Å². The Balaban J connectivity index is 1.97. The highest BCUT2D eigenvalue weighted by Gasteiger charge is 2.05. The molecule has 2 rings (SSSR count). The summed E-state index contributed by atoms with van der Waals surface area (Å²) in [6.45, 7) is 2.37. The van der Waals surface area contributed by atoms with Crippen molar-refractivity contribution in [3.8, 4) is 0 Å². The number of hydrogen-bond acceptors (Lipinski definition) is 5. The van der Waals surface area contributed by atoms with Crippen LogP contribution in [0, 0.1) is 0 Å². The lowest BCUT2D eigenvalue weighted by Crippen LogP contribution is -2.40. The van der Waals surface area contributed by atoms with Crippen LogP contribution in [0.25, 0.3) is 0 Å². The van der Waals surface area contributed by atoms with Crippen molar-refractivity contribution in [2.75, 3.05) is 24.1 Å². The zero-order chi connectivity index (χ0) is 13.7. The van der Waals surface area contributed by atoms with Gasteiger partial charge in [-0.25, -0.2) is 8.42 Å². The molecule has 7 heteroatoms. The summed E-state index contributed by atoms with van der Waals surface area (Å²) in [7, 11) is -3.24. The Bertz CT molecular complexity index is 569. The van der Waals surface area contributed by atoms with Gasteiger partial charge >= 0.3 is 0 Å². The van der Waals surface area contributed by atoms with E-state index < -0.39 is 10.0 Å². The smallest absolute Gasteiger partial charge is 0.229 e. The molecule has 6 nitrogen and oxygen atoms in total. The summed E-state index contributed by atoms with van der Waals surface area (Å²) in [5, 5.41) is 6.36. The maximum atomic E-state index is 11.2. The fraction of sp³-hybridized carbons (Fsp3) is 0.417. The molecule has 0 saturated carbocycles. The molecule has 0 atom stereocenters. The number of guanidine groups is 1. The first-order chi connectivity index (χ1) is 9.03. The van der Waals surface area contributed by atoms with E-state index in [0.717, 1.165) is 37.3 Å². The SMILES string of the molecule is CS(=O)(=O)Nc1cccc(CNC2=NCCCN2)c1. The molecule has 0 unspecified atom stereocenters. The zero-order valence-corrected chi connectivity index (χ0v) is 11.6. The van der Waals surface area contributed by atoms with Gasteiger partial charge < -0.3 is 10.6 Å². The molecule has 0 amide bonds. The Labute approximate surface area is 113 Å². The minimum atomic E-state index is -3.24. The molecule has 104 valence electrons. The first-order valence-electron chi connectivity index (χ1n) is 6.12. The predicted molar refractivity (Wildman–Crippen MR) is 76.7 cm³/mol. The standard InChI is InChI=1S/C12H18N4O2S/c1-19(17,18)16-11-5-2-4-10(8-11)9-15-12-13-6-3-7-14-12/h2,4-5,8,16H,3,6-7,9H2,1H3,(H2,13,14,15). The van der Waals surface area contributed by atoms with E-state index in [0.29, 0.717) is 12.2 Å². The number of rotatable bonds is 4. The van der Waals surface area contributed by atoms with Crippen LogP contribution >= 0.6 is 0 Å². The third-order valence-electron chi connectivity index (χ3n) is 2.59. The van der Waals surface area contributed by atoms with Crippen LogP contribution in [0.3, 0.4) is 0 Å². The topological polar surface area (TPSA) is 82.6 Å². The van der Waals surface area contributed by atoms with Crippen molar-refractivity contribution >= 4 is 21.7 Å². The minimum absolute atomic E-state index is 0.570. The third kappa shape index (κ3) is 4.78. The lowest BCUT2D eigenvalue weighted by molar-refractivity contribution is 0.607. The Morgan fingerprint density at radius 1 is 1.42 bits per heavy atom. The third-order valence-corrected chi connectivity index (χ3v) is 3.19. The Morgan fingerprint density at radius 2 is 2.26 bits per heavy atom. The van der Waals surface area contributed by atoms with E-state index in [9.17, 15) is 8.42 Å². The van der Waals surface area contributed by atoms with Crippen LogP contribution in [0.5, 0.6) is 0 Å². The number of hydrogen-bond donors (Lipinski definition) is 3. The van der Waals surface area contributed by atoms with Crippen LogP contribution in [0.15, 0.2) is 29.3 Å². The lowest BCUT2D eigenvalue weighted by Gasteiger charge is -2.16. The first-order valence-corrected chi connectivity index (χ1v) is 8.01. The van der Waals surface area contributed by atoms with Gasteiger partial charge in [-0.2, -0.15) is 0 Å². The van der Waals surface area contributed by atoms with Crippen molar-refractivity contribution in [2.24, 2.45) is 4.99 Å². The molecule has 1 aromatic rings. The monoisotopic (exact) mass is 282 g/mol. The van der Waals surface area contributed by atoms with Crippen molar-refractivity contribution in [3.05, 3.63) is 29.8 Å². The van der Waals surface area contributed by atoms with Gasteiger partial charge in [-0.05, 0) is 24.1 Å². The van der Waals surface area contributed by atoms with E-state index in [4.69, 9.17) is 0 Å². The second-order valence-electron chi connectivity index (χ2n) is 4.44. The van der Waals surface area contributed by atoms with E-state index in [1.54, 1.807) is 12.1 Å². The number of benzene rings is 1. The van der Waals surface area contributed by atoms with E-state index in [1.807, 2.05) is 12.1 Å². The van der Waals surface area contributed by atoms with Crippen LogP contribution < -0.4 is 15.4 Å². The van der Waals surface area contributed by atoms with Crippen LogP contribution in [-0.2, 0) is 16.6 Å². The number of nitrogens with one attached hydrogen (secondary N) is 3. The van der Waals surface area contributed by atoms with Crippen LogP contribution in [-0.4, -0.2) is 33.7 Å². The molecule has 19 heavy (non-hydrogen) atoms. The van der Waals surface area contributed by atoms with Crippen molar-refractivity contribution in [3.63, 3.8) is 0 Å². The molecule has 1 heterocycles. The quantitative estimate of drug-likeness (QED) is 0.751. The second kappa shape index (κ2) is 5.92. The molecule has 1 aliphatic rings. The molecule has 0 fully saturated rings. The summed E-state index contributed by atoms with van der Waals surface area (Å²) in [6.07, 6.45) is 2.19. The highest BCUT2D eigenvalue weighted by molar-refractivity contribution is 7.92. The van der Waals surface area contributed by atoms with Crippen LogP contribution in [0.1, 0.15) is 12.0 Å². The van der Waals surface area contributed by atoms with E-state index in [-0.39, 0.29) is 0 Å². The van der Waals surface area contributed by atoms with Gasteiger partial charge in [-0.1, -0.05) is 12.1 Å². The Hall–Kier alpha value is -1.76. The summed E-state index contributed by atoms with van der Waals surface area (Å²) < 4.78 is 24.8. The Kier molecular flexibility index (Phi) is 4.26. The molecule has 0 spiro atoms. The van der Waals surface area contributed by atoms with Crippen molar-refractivity contribution < 1.29 is 8.42 Å². The summed E-state index contributed by atoms with van der Waals surface area (Å²) in [5.41, 5.74) is 1.56. The fourth-order valence-corrected chi connectivity index (χ4v) is 2.35. The molecular formula is C12H18N4O2S. The highest BCUT2D eigenvalue weighted by Crippen LogP contribution is 2.11. The molecule has 0 bridgehead atoms. The molecule has 0 saturated heterocycles. The summed E-state index contributed by atoms with van der Waals surface area (Å²) in [5.74, 6) is 0.799. The normalized spacial score (nSPS) is 15.3. The molecule has 0 aliphatic carbocycles. The molecule has 0 radical (unpaired) electrons. The van der Waals surface area contributed by atoms with Gasteiger partial charge in [-0.3, -0.25) is 9.71 Å². The average molecular weight is 282 g/mol. The second-order valence-corrected chi connectivity index (χ2v) is 6.19. The van der Waals surface area contributed by atoms with Gasteiger partial charge in [0.05, 0.1) is 6.26 Å². The van der Waals surface area contributed by atoms with Crippen molar-refractivity contribution in [1.82, 2.24) is 10.6 Å². The molecule has 1 aliphatic heterocycles. The number of nitrogens with zero attached hydrogens (tertiary/aromatic N) is 1. The van der Waals surface area contributed by atoms with Gasteiger partial charge in [0, 0.05) is 25.3 Å². The lowest BCUT2D eigenvalue weighted by atomic mass is 10.2. The van der Waals surface area contributed by atoms with Crippen LogP contribution in [0.4, 0.5) is 5.69 Å². The molecule has 3 N–H and O–H groups in total. The van der Waals surface area contributed by atoms with Crippen LogP contribution in [0.2, 0.25) is 0 Å². The summed E-state index contributed by atoms with van der Waals surface area (Å²) >= 11 is 0. The number of sulfonamides is 1. The van der Waals surface area contributed by atoms with Gasteiger partial charge in [0.25, 0.3) is 0 Å². The maximum absolute atomic E-state index is 11.2. The molecular weight excluding hydrogens is 264 g/mol. The van der Waals surface area contributed by atoms with E-state index in [2.05, 4.69) is 20.3 Å².